The van der Waals surface area contributed by atoms with E-state index in [1.807, 2.05) is 42.7 Å². The number of thioether (sulfide) groups is 1. The van der Waals surface area contributed by atoms with Crippen LogP contribution in [-0.4, -0.2) is 24.6 Å². The summed E-state index contributed by atoms with van der Waals surface area (Å²) >= 11 is 1.49. The minimum Gasteiger partial charge on any atom is -0.465 e. The Morgan fingerprint density at radius 1 is 1.00 bits per heavy atom. The molecule has 0 aliphatic heterocycles. The normalized spacial score (nSPS) is 13.1. The van der Waals surface area contributed by atoms with Crippen LogP contribution >= 0.6 is 11.8 Å². The van der Waals surface area contributed by atoms with E-state index in [2.05, 4.69) is 0 Å². The van der Waals surface area contributed by atoms with Crippen molar-refractivity contribution >= 4 is 23.5 Å². The van der Waals surface area contributed by atoms with Gasteiger partial charge in [0.1, 0.15) is 5.92 Å². The highest BCUT2D eigenvalue weighted by atomic mass is 32.2. The van der Waals surface area contributed by atoms with Crippen molar-refractivity contribution in [3.8, 4) is 0 Å². The summed E-state index contributed by atoms with van der Waals surface area (Å²) in [7, 11) is 0. The Labute approximate surface area is 141 Å². The van der Waals surface area contributed by atoms with Gasteiger partial charge in [-0.05, 0) is 18.7 Å². The van der Waals surface area contributed by atoms with Gasteiger partial charge >= 0.3 is 5.97 Å². The predicted octanol–water partition coefficient (Wildman–Crippen LogP) is 4.15. The summed E-state index contributed by atoms with van der Waals surface area (Å²) in [5, 5.41) is -0.275. The molecule has 0 bridgehead atoms. The second-order valence-electron chi connectivity index (χ2n) is 5.03. The molecule has 0 aliphatic carbocycles. The van der Waals surface area contributed by atoms with Crippen LogP contribution < -0.4 is 0 Å². The highest BCUT2D eigenvalue weighted by Gasteiger charge is 2.37. The standard InChI is InChI=1S/C19H20O3S/c1-3-22-19(21)16(17(20)14-10-6-4-7-11-14)18(23-2)15-12-8-5-9-13-15/h4-13,16,18H,3H2,1-2H3. The number of hydrogen-bond acceptors (Lipinski definition) is 4. The topological polar surface area (TPSA) is 43.4 Å². The molecule has 2 aromatic rings. The summed E-state index contributed by atoms with van der Waals surface area (Å²) < 4.78 is 5.18. The van der Waals surface area contributed by atoms with Crippen molar-refractivity contribution in [1.82, 2.24) is 0 Å². The molecule has 3 nitrogen and oxygen atoms in total. The number of benzene rings is 2. The molecule has 2 atom stereocenters. The van der Waals surface area contributed by atoms with Gasteiger partial charge in [-0.1, -0.05) is 60.7 Å². The minimum atomic E-state index is -0.852. The Morgan fingerprint density at radius 2 is 1.57 bits per heavy atom. The van der Waals surface area contributed by atoms with Crippen molar-refractivity contribution in [3.05, 3.63) is 71.8 Å². The largest absolute Gasteiger partial charge is 0.465 e. The number of Topliss-reactive ketones (excluding diaryl/α,β-unsaturated/α-hetero) is 1. The molecular weight excluding hydrogens is 308 g/mol. The van der Waals surface area contributed by atoms with Crippen molar-refractivity contribution in [3.63, 3.8) is 0 Å². The van der Waals surface area contributed by atoms with Gasteiger partial charge in [-0.2, -0.15) is 11.8 Å². The van der Waals surface area contributed by atoms with Gasteiger partial charge in [0.05, 0.1) is 11.9 Å². The maximum atomic E-state index is 12.9. The fraction of sp³-hybridized carbons (Fsp3) is 0.263. The van der Waals surface area contributed by atoms with Gasteiger partial charge in [0, 0.05) is 5.56 Å². The van der Waals surface area contributed by atoms with E-state index in [1.54, 1.807) is 31.2 Å². The Balaban J connectivity index is 2.41. The van der Waals surface area contributed by atoms with E-state index in [4.69, 9.17) is 4.74 Å². The zero-order chi connectivity index (χ0) is 16.7. The minimum absolute atomic E-state index is 0.202. The second kappa shape index (κ2) is 8.53. The number of carbonyl (C=O) groups is 2. The van der Waals surface area contributed by atoms with Gasteiger partial charge in [0.25, 0.3) is 0 Å². The van der Waals surface area contributed by atoms with Crippen molar-refractivity contribution in [2.24, 2.45) is 5.92 Å². The molecule has 0 N–H and O–H groups in total. The molecule has 2 aromatic carbocycles. The van der Waals surface area contributed by atoms with Crippen LogP contribution in [0.2, 0.25) is 0 Å². The smallest absolute Gasteiger partial charge is 0.318 e. The molecular formula is C19H20O3S. The van der Waals surface area contributed by atoms with Crippen LogP contribution in [0.5, 0.6) is 0 Å². The molecule has 0 radical (unpaired) electrons. The molecule has 0 saturated carbocycles. The van der Waals surface area contributed by atoms with Gasteiger partial charge in [-0.3, -0.25) is 9.59 Å². The number of rotatable bonds is 7. The first-order chi connectivity index (χ1) is 11.2. The van der Waals surface area contributed by atoms with Gasteiger partial charge in [-0.25, -0.2) is 0 Å². The summed E-state index contributed by atoms with van der Waals surface area (Å²) in [6.45, 7) is 2.01. The molecule has 23 heavy (non-hydrogen) atoms. The fourth-order valence-corrected chi connectivity index (χ4v) is 3.43. The molecule has 0 spiro atoms. The molecule has 0 heterocycles. The molecule has 4 heteroatoms. The SMILES string of the molecule is CCOC(=O)C(C(=O)c1ccccc1)C(SC)c1ccccc1. The average molecular weight is 328 g/mol. The first kappa shape index (κ1) is 17.3. The lowest BCUT2D eigenvalue weighted by Gasteiger charge is -2.23. The van der Waals surface area contributed by atoms with Crippen LogP contribution in [0.3, 0.4) is 0 Å². The maximum Gasteiger partial charge on any atom is 0.318 e. The highest BCUT2D eigenvalue weighted by molar-refractivity contribution is 7.98. The number of hydrogen-bond donors (Lipinski definition) is 0. The molecule has 0 amide bonds. The number of esters is 1. The maximum absolute atomic E-state index is 12.9. The number of carbonyl (C=O) groups excluding carboxylic acids is 2. The van der Waals surface area contributed by atoms with E-state index in [0.717, 1.165) is 5.56 Å². The van der Waals surface area contributed by atoms with E-state index in [1.165, 1.54) is 11.8 Å². The zero-order valence-corrected chi connectivity index (χ0v) is 14.1. The molecule has 2 rings (SSSR count). The van der Waals surface area contributed by atoms with E-state index in [0.29, 0.717) is 5.56 Å². The highest BCUT2D eigenvalue weighted by Crippen LogP contribution is 2.37. The van der Waals surface area contributed by atoms with Gasteiger partial charge < -0.3 is 4.74 Å². The summed E-state index contributed by atoms with van der Waals surface area (Å²) in [5.41, 5.74) is 1.47. The Bertz CT molecular complexity index is 640. The average Bonchev–Trinajstić information content (AvgIpc) is 2.60. The fourth-order valence-electron chi connectivity index (χ4n) is 2.49. The lowest BCUT2D eigenvalue weighted by molar-refractivity contribution is -0.146. The lowest BCUT2D eigenvalue weighted by atomic mass is 9.90. The molecule has 0 aliphatic rings. The summed E-state index contributed by atoms with van der Waals surface area (Å²) in [6.07, 6.45) is 1.90. The molecule has 120 valence electrons. The van der Waals surface area contributed by atoms with Crippen LogP contribution in [-0.2, 0) is 9.53 Å². The van der Waals surface area contributed by atoms with Crippen LogP contribution in [0.4, 0.5) is 0 Å². The molecule has 0 aromatic heterocycles. The Kier molecular flexibility index (Phi) is 6.41. The third-order valence-corrected chi connectivity index (χ3v) is 4.62. The molecule has 2 unspecified atom stereocenters. The van der Waals surface area contributed by atoms with E-state index in [-0.39, 0.29) is 17.6 Å². The Hall–Kier alpha value is -2.07. The Morgan fingerprint density at radius 3 is 2.09 bits per heavy atom. The van der Waals surface area contributed by atoms with E-state index < -0.39 is 11.9 Å². The van der Waals surface area contributed by atoms with Crippen LogP contribution in [0.25, 0.3) is 0 Å². The first-order valence-electron chi connectivity index (χ1n) is 7.52. The molecule has 0 saturated heterocycles. The van der Waals surface area contributed by atoms with Gasteiger partial charge in [-0.15, -0.1) is 0 Å². The number of ether oxygens (including phenoxy) is 1. The van der Waals surface area contributed by atoms with Crippen LogP contribution in [0, 0.1) is 5.92 Å². The quantitative estimate of drug-likeness (QED) is 0.435. The first-order valence-corrected chi connectivity index (χ1v) is 8.81. The van der Waals surface area contributed by atoms with Crippen molar-refractivity contribution < 1.29 is 14.3 Å². The third kappa shape index (κ3) is 4.23. The lowest BCUT2D eigenvalue weighted by Crippen LogP contribution is -2.31. The third-order valence-electron chi connectivity index (χ3n) is 3.57. The molecule has 0 fully saturated rings. The van der Waals surface area contributed by atoms with E-state index >= 15 is 0 Å². The summed E-state index contributed by atoms with van der Waals surface area (Å²) in [6, 6.07) is 18.5. The zero-order valence-electron chi connectivity index (χ0n) is 13.3. The van der Waals surface area contributed by atoms with Crippen LogP contribution in [0.15, 0.2) is 60.7 Å². The van der Waals surface area contributed by atoms with Crippen molar-refractivity contribution in [2.75, 3.05) is 12.9 Å². The summed E-state index contributed by atoms with van der Waals surface area (Å²) in [4.78, 5) is 25.4. The van der Waals surface area contributed by atoms with E-state index in [9.17, 15) is 9.59 Å². The van der Waals surface area contributed by atoms with Crippen molar-refractivity contribution in [1.29, 1.82) is 0 Å². The van der Waals surface area contributed by atoms with Crippen LogP contribution in [0.1, 0.15) is 28.1 Å². The predicted molar refractivity (Wildman–Crippen MR) is 93.6 cm³/mol. The monoisotopic (exact) mass is 328 g/mol. The summed E-state index contributed by atoms with van der Waals surface area (Å²) in [5.74, 6) is -1.52. The van der Waals surface area contributed by atoms with Crippen molar-refractivity contribution in [2.45, 2.75) is 12.2 Å². The second-order valence-corrected chi connectivity index (χ2v) is 6.01. The number of ketones is 1. The van der Waals surface area contributed by atoms with Gasteiger partial charge in [0.15, 0.2) is 5.78 Å². The van der Waals surface area contributed by atoms with Gasteiger partial charge in [0.2, 0.25) is 0 Å².